The molecular weight excluding hydrogens is 332 g/mol. The van der Waals surface area contributed by atoms with Crippen molar-refractivity contribution in [2.24, 2.45) is 5.92 Å². The van der Waals surface area contributed by atoms with Gasteiger partial charge in [0.1, 0.15) is 0 Å². The van der Waals surface area contributed by atoms with Crippen molar-refractivity contribution in [3.63, 3.8) is 0 Å². The van der Waals surface area contributed by atoms with Gasteiger partial charge in [-0.15, -0.1) is 0 Å². The normalized spacial score (nSPS) is 22.5. The lowest BCUT2D eigenvalue weighted by molar-refractivity contribution is -0.117. The number of hydrogen-bond acceptors (Lipinski definition) is 2. The fourth-order valence-corrected chi connectivity index (χ4v) is 4.05. The smallest absolute Gasteiger partial charge is 0.228 e. The van der Waals surface area contributed by atoms with E-state index in [4.69, 9.17) is 11.6 Å². The lowest BCUT2D eigenvalue weighted by Gasteiger charge is -2.29. The maximum Gasteiger partial charge on any atom is 0.228 e. The molecule has 1 amide bonds. The van der Waals surface area contributed by atoms with Crippen LogP contribution in [0.4, 0.5) is 11.4 Å². The highest BCUT2D eigenvalue weighted by Gasteiger charge is 2.44. The van der Waals surface area contributed by atoms with Crippen molar-refractivity contribution >= 4 is 28.9 Å². The third-order valence-electron chi connectivity index (χ3n) is 5.27. The number of carbonyl (C=O) groups excluding carboxylic acids is 1. The van der Waals surface area contributed by atoms with Crippen LogP contribution >= 0.6 is 11.6 Å². The molecule has 3 nitrogen and oxygen atoms in total. The SMILES string of the molecule is O=C(Nc1cccc(N2CCCCC2)c1)C1CC1c1ccccc1Cl. The Morgan fingerprint density at radius 3 is 2.64 bits per heavy atom. The number of anilines is 2. The number of carbonyl (C=O) groups is 1. The Morgan fingerprint density at radius 2 is 1.84 bits per heavy atom. The molecule has 1 saturated carbocycles. The van der Waals surface area contributed by atoms with Gasteiger partial charge in [0.25, 0.3) is 0 Å². The van der Waals surface area contributed by atoms with E-state index in [2.05, 4.69) is 22.3 Å². The first-order chi connectivity index (χ1) is 12.2. The first-order valence-corrected chi connectivity index (χ1v) is 9.50. The maximum atomic E-state index is 12.6. The summed E-state index contributed by atoms with van der Waals surface area (Å²) in [5.41, 5.74) is 3.18. The Labute approximate surface area is 154 Å². The van der Waals surface area contributed by atoms with E-state index in [1.165, 1.54) is 24.9 Å². The van der Waals surface area contributed by atoms with Gasteiger partial charge >= 0.3 is 0 Å². The molecule has 130 valence electrons. The minimum absolute atomic E-state index is 0.0264. The molecular formula is C21H23ClN2O. The molecule has 2 fully saturated rings. The van der Waals surface area contributed by atoms with Gasteiger partial charge in [-0.05, 0) is 61.4 Å². The maximum absolute atomic E-state index is 12.6. The summed E-state index contributed by atoms with van der Waals surface area (Å²) in [4.78, 5) is 15.0. The van der Waals surface area contributed by atoms with Crippen molar-refractivity contribution in [2.75, 3.05) is 23.3 Å². The van der Waals surface area contributed by atoms with Gasteiger partial charge in [-0.25, -0.2) is 0 Å². The lowest BCUT2D eigenvalue weighted by atomic mass is 10.1. The van der Waals surface area contributed by atoms with Crippen molar-refractivity contribution in [1.82, 2.24) is 0 Å². The number of nitrogens with zero attached hydrogens (tertiary/aromatic N) is 1. The number of rotatable bonds is 4. The highest BCUT2D eigenvalue weighted by Crippen LogP contribution is 2.50. The van der Waals surface area contributed by atoms with Crippen LogP contribution in [0.5, 0.6) is 0 Å². The van der Waals surface area contributed by atoms with Gasteiger partial charge < -0.3 is 10.2 Å². The second-order valence-electron chi connectivity index (χ2n) is 7.06. The monoisotopic (exact) mass is 354 g/mol. The minimum Gasteiger partial charge on any atom is -0.371 e. The van der Waals surface area contributed by atoms with E-state index in [1.807, 2.05) is 36.4 Å². The van der Waals surface area contributed by atoms with Gasteiger partial charge in [-0.1, -0.05) is 35.9 Å². The number of hydrogen-bond donors (Lipinski definition) is 1. The van der Waals surface area contributed by atoms with E-state index in [0.717, 1.165) is 35.8 Å². The number of halogens is 1. The van der Waals surface area contributed by atoms with Crippen LogP contribution in [0.1, 0.15) is 37.2 Å². The molecule has 0 spiro atoms. The molecule has 1 heterocycles. The third-order valence-corrected chi connectivity index (χ3v) is 5.61. The zero-order valence-corrected chi connectivity index (χ0v) is 15.0. The van der Waals surface area contributed by atoms with Crippen molar-refractivity contribution < 1.29 is 4.79 Å². The molecule has 2 atom stereocenters. The van der Waals surface area contributed by atoms with Crippen molar-refractivity contribution in [3.05, 3.63) is 59.1 Å². The Bertz CT molecular complexity index is 770. The zero-order valence-electron chi connectivity index (χ0n) is 14.2. The summed E-state index contributed by atoms with van der Waals surface area (Å²) in [6, 6.07) is 16.0. The van der Waals surface area contributed by atoms with Gasteiger partial charge in [0.15, 0.2) is 0 Å². The highest BCUT2D eigenvalue weighted by atomic mass is 35.5. The van der Waals surface area contributed by atoms with Crippen LogP contribution in [0, 0.1) is 5.92 Å². The summed E-state index contributed by atoms with van der Waals surface area (Å²) in [6.45, 7) is 2.21. The quantitative estimate of drug-likeness (QED) is 0.831. The summed E-state index contributed by atoms with van der Waals surface area (Å²) in [7, 11) is 0. The van der Waals surface area contributed by atoms with E-state index < -0.39 is 0 Å². The van der Waals surface area contributed by atoms with Crippen molar-refractivity contribution in [2.45, 2.75) is 31.6 Å². The molecule has 4 rings (SSSR count). The summed E-state index contributed by atoms with van der Waals surface area (Å²) in [5.74, 6) is 0.373. The molecule has 1 aliphatic carbocycles. The zero-order chi connectivity index (χ0) is 17.2. The third kappa shape index (κ3) is 3.67. The van der Waals surface area contributed by atoms with E-state index in [0.29, 0.717) is 0 Å². The van der Waals surface area contributed by atoms with E-state index >= 15 is 0 Å². The van der Waals surface area contributed by atoms with Crippen LogP contribution in [-0.2, 0) is 4.79 Å². The fourth-order valence-electron chi connectivity index (χ4n) is 3.77. The van der Waals surface area contributed by atoms with Crippen LogP contribution in [0.2, 0.25) is 5.02 Å². The fraction of sp³-hybridized carbons (Fsp3) is 0.381. The molecule has 4 heteroatoms. The van der Waals surface area contributed by atoms with Crippen LogP contribution in [0.15, 0.2) is 48.5 Å². The number of benzene rings is 2. The largest absolute Gasteiger partial charge is 0.371 e. The van der Waals surface area contributed by atoms with Gasteiger partial charge in [0.05, 0.1) is 0 Å². The van der Waals surface area contributed by atoms with Gasteiger partial charge in [0, 0.05) is 35.4 Å². The molecule has 0 radical (unpaired) electrons. The Hall–Kier alpha value is -2.00. The van der Waals surface area contributed by atoms with E-state index in [-0.39, 0.29) is 17.7 Å². The Balaban J connectivity index is 1.41. The van der Waals surface area contributed by atoms with Crippen LogP contribution < -0.4 is 10.2 Å². The molecule has 2 aliphatic rings. The highest BCUT2D eigenvalue weighted by molar-refractivity contribution is 6.31. The van der Waals surface area contributed by atoms with E-state index in [1.54, 1.807) is 0 Å². The van der Waals surface area contributed by atoms with Gasteiger partial charge in [-0.2, -0.15) is 0 Å². The second kappa shape index (κ2) is 7.09. The summed E-state index contributed by atoms with van der Waals surface area (Å²) in [5, 5.41) is 3.85. The van der Waals surface area contributed by atoms with Crippen molar-refractivity contribution in [3.8, 4) is 0 Å². The molecule has 2 aromatic carbocycles. The first kappa shape index (κ1) is 16.5. The molecule has 0 aromatic heterocycles. The molecule has 1 saturated heterocycles. The van der Waals surface area contributed by atoms with E-state index in [9.17, 15) is 4.79 Å². The molecule has 2 aromatic rings. The van der Waals surface area contributed by atoms with Crippen molar-refractivity contribution in [1.29, 1.82) is 0 Å². The predicted molar refractivity (Wildman–Crippen MR) is 103 cm³/mol. The standard InChI is InChI=1S/C21H23ClN2O/c22-20-10-3-2-9-17(20)18-14-19(18)21(25)23-15-7-6-8-16(13-15)24-11-4-1-5-12-24/h2-3,6-10,13,18-19H,1,4-5,11-12,14H2,(H,23,25). The van der Waals surface area contributed by atoms with Crippen LogP contribution in [0.3, 0.4) is 0 Å². The van der Waals surface area contributed by atoms with Gasteiger partial charge in [-0.3, -0.25) is 4.79 Å². The minimum atomic E-state index is 0.0264. The molecule has 1 N–H and O–H groups in total. The topological polar surface area (TPSA) is 32.3 Å². The average molecular weight is 355 g/mol. The molecule has 25 heavy (non-hydrogen) atoms. The second-order valence-corrected chi connectivity index (χ2v) is 7.46. The predicted octanol–water partition coefficient (Wildman–Crippen LogP) is 5.07. The first-order valence-electron chi connectivity index (χ1n) is 9.13. The molecule has 1 aliphatic heterocycles. The Kier molecular flexibility index (Phi) is 4.67. The van der Waals surface area contributed by atoms with Crippen LogP contribution in [-0.4, -0.2) is 19.0 Å². The number of piperidine rings is 1. The summed E-state index contributed by atoms with van der Waals surface area (Å²) >= 11 is 6.26. The summed E-state index contributed by atoms with van der Waals surface area (Å²) < 4.78 is 0. The molecule has 2 unspecified atom stereocenters. The lowest BCUT2D eigenvalue weighted by Crippen LogP contribution is -2.29. The average Bonchev–Trinajstić information content (AvgIpc) is 3.44. The number of nitrogens with one attached hydrogen (secondary N) is 1. The molecule has 0 bridgehead atoms. The van der Waals surface area contributed by atoms with Crippen LogP contribution in [0.25, 0.3) is 0 Å². The Morgan fingerprint density at radius 1 is 1.04 bits per heavy atom. The summed E-state index contributed by atoms with van der Waals surface area (Å²) in [6.07, 6.45) is 4.69. The van der Waals surface area contributed by atoms with Gasteiger partial charge in [0.2, 0.25) is 5.91 Å². The number of amides is 1.